The van der Waals surface area contributed by atoms with Crippen LogP contribution in [0.25, 0.3) is 0 Å². The van der Waals surface area contributed by atoms with Gasteiger partial charge in [0.15, 0.2) is 5.12 Å². The predicted octanol–water partition coefficient (Wildman–Crippen LogP) is 2.10. The summed E-state index contributed by atoms with van der Waals surface area (Å²) >= 11 is 6.97. The summed E-state index contributed by atoms with van der Waals surface area (Å²) in [5, 5.41) is 28.7. The van der Waals surface area contributed by atoms with Gasteiger partial charge in [0.25, 0.3) is 0 Å². The van der Waals surface area contributed by atoms with Gasteiger partial charge in [-0.15, -0.1) is 0 Å². The Hall–Kier alpha value is -1.08. The number of aromatic carboxylic acids is 1. The smallest absolute Gasteiger partial charge is 0.335 e. The molecule has 0 amide bonds. The lowest BCUT2D eigenvalue weighted by Gasteiger charge is -2.19. The van der Waals surface area contributed by atoms with E-state index < -0.39 is 18.2 Å². The summed E-state index contributed by atoms with van der Waals surface area (Å²) in [4.78, 5) is 21.5. The Morgan fingerprint density at radius 3 is 2.50 bits per heavy atom. The number of aliphatic hydroxyl groups is 2. The number of carboxylic acids is 1. The number of hydrogen-bond acceptors (Lipinski definition) is 5. The number of aliphatic hydroxyl groups excluding tert-OH is 2. The molecular weight excluding hydrogens is 304 g/mol. The van der Waals surface area contributed by atoms with Crippen molar-refractivity contribution >= 4 is 34.4 Å². The molecule has 0 saturated carbocycles. The number of benzene rings is 1. The van der Waals surface area contributed by atoms with Gasteiger partial charge in [-0.25, -0.2) is 4.79 Å². The Labute approximate surface area is 125 Å². The SMILES string of the molecule is CC(=O)SCCC(O)C(O)c1ccc(C(=O)O)cc1Cl. The van der Waals surface area contributed by atoms with Crippen LogP contribution in [-0.4, -0.2) is 38.3 Å². The second-order valence-corrected chi connectivity index (χ2v) is 5.86. The molecule has 0 fully saturated rings. The van der Waals surface area contributed by atoms with E-state index in [1.165, 1.54) is 25.1 Å². The molecule has 0 spiro atoms. The van der Waals surface area contributed by atoms with E-state index in [4.69, 9.17) is 16.7 Å². The van der Waals surface area contributed by atoms with Crippen LogP contribution in [0, 0.1) is 0 Å². The maximum Gasteiger partial charge on any atom is 0.335 e. The molecule has 5 nitrogen and oxygen atoms in total. The normalized spacial score (nSPS) is 13.8. The molecule has 0 aromatic heterocycles. The quantitative estimate of drug-likeness (QED) is 0.743. The molecule has 0 heterocycles. The average molecular weight is 319 g/mol. The first-order chi connectivity index (χ1) is 9.32. The largest absolute Gasteiger partial charge is 0.478 e. The molecule has 20 heavy (non-hydrogen) atoms. The fourth-order valence-electron chi connectivity index (χ4n) is 1.59. The van der Waals surface area contributed by atoms with Gasteiger partial charge >= 0.3 is 5.97 Å². The van der Waals surface area contributed by atoms with Crippen molar-refractivity contribution in [2.24, 2.45) is 0 Å². The molecular formula is C13H15ClO5S. The van der Waals surface area contributed by atoms with Gasteiger partial charge in [-0.1, -0.05) is 29.4 Å². The van der Waals surface area contributed by atoms with E-state index in [9.17, 15) is 19.8 Å². The molecule has 0 aliphatic carbocycles. The molecule has 3 N–H and O–H groups in total. The fourth-order valence-corrected chi connectivity index (χ4v) is 2.53. The van der Waals surface area contributed by atoms with E-state index >= 15 is 0 Å². The molecule has 0 radical (unpaired) electrons. The molecule has 7 heteroatoms. The van der Waals surface area contributed by atoms with Gasteiger partial charge in [-0.05, 0) is 18.6 Å². The van der Waals surface area contributed by atoms with Crippen LogP contribution < -0.4 is 0 Å². The van der Waals surface area contributed by atoms with Crippen LogP contribution in [-0.2, 0) is 4.79 Å². The van der Waals surface area contributed by atoms with Crippen molar-refractivity contribution in [3.63, 3.8) is 0 Å². The van der Waals surface area contributed by atoms with Crippen molar-refractivity contribution in [2.75, 3.05) is 5.75 Å². The Bertz CT molecular complexity index is 506. The molecule has 2 atom stereocenters. The minimum atomic E-state index is -1.22. The zero-order chi connectivity index (χ0) is 15.3. The molecule has 1 aromatic rings. The Balaban J connectivity index is 2.73. The number of carboxylic acid groups (broad SMARTS) is 1. The van der Waals surface area contributed by atoms with Gasteiger partial charge in [0.1, 0.15) is 6.10 Å². The van der Waals surface area contributed by atoms with Gasteiger partial charge < -0.3 is 15.3 Å². The monoisotopic (exact) mass is 318 g/mol. The molecule has 1 rings (SSSR count). The van der Waals surface area contributed by atoms with Crippen molar-refractivity contribution in [3.8, 4) is 0 Å². The van der Waals surface area contributed by atoms with Crippen LogP contribution in [0.15, 0.2) is 18.2 Å². The Kier molecular flexibility index (Phi) is 6.48. The van der Waals surface area contributed by atoms with Crippen molar-refractivity contribution in [1.82, 2.24) is 0 Å². The second-order valence-electron chi connectivity index (χ2n) is 4.18. The van der Waals surface area contributed by atoms with E-state index in [-0.39, 0.29) is 27.7 Å². The highest BCUT2D eigenvalue weighted by Crippen LogP contribution is 2.28. The average Bonchev–Trinajstić information content (AvgIpc) is 2.37. The predicted molar refractivity (Wildman–Crippen MR) is 77.1 cm³/mol. The van der Waals surface area contributed by atoms with Crippen LogP contribution in [0.5, 0.6) is 0 Å². The summed E-state index contributed by atoms with van der Waals surface area (Å²) < 4.78 is 0. The van der Waals surface area contributed by atoms with E-state index in [2.05, 4.69) is 0 Å². The van der Waals surface area contributed by atoms with E-state index in [0.29, 0.717) is 5.75 Å². The lowest BCUT2D eigenvalue weighted by molar-refractivity contribution is -0.109. The standard InChI is InChI=1S/C13H15ClO5S/c1-7(15)20-5-4-11(16)12(17)9-3-2-8(13(18)19)6-10(9)14/h2-3,6,11-12,16-17H,4-5H2,1H3,(H,18,19). The van der Waals surface area contributed by atoms with Crippen molar-refractivity contribution in [2.45, 2.75) is 25.6 Å². The first-order valence-electron chi connectivity index (χ1n) is 5.85. The third kappa shape index (κ3) is 4.79. The third-order valence-corrected chi connectivity index (χ3v) is 3.82. The van der Waals surface area contributed by atoms with Gasteiger partial charge in [0.05, 0.1) is 11.7 Å². The van der Waals surface area contributed by atoms with Gasteiger partial charge in [-0.3, -0.25) is 4.79 Å². The van der Waals surface area contributed by atoms with Gasteiger partial charge in [-0.2, -0.15) is 0 Å². The lowest BCUT2D eigenvalue weighted by Crippen LogP contribution is -2.19. The van der Waals surface area contributed by atoms with Crippen LogP contribution in [0.2, 0.25) is 5.02 Å². The highest BCUT2D eigenvalue weighted by Gasteiger charge is 2.21. The molecule has 0 saturated heterocycles. The summed E-state index contributed by atoms with van der Waals surface area (Å²) in [6, 6.07) is 3.90. The number of rotatable bonds is 6. The van der Waals surface area contributed by atoms with Crippen molar-refractivity contribution in [1.29, 1.82) is 0 Å². The van der Waals surface area contributed by atoms with E-state index in [0.717, 1.165) is 11.8 Å². The first kappa shape index (κ1) is 17.0. The minimum Gasteiger partial charge on any atom is -0.478 e. The number of carbonyl (C=O) groups excluding carboxylic acids is 1. The Morgan fingerprint density at radius 1 is 1.35 bits per heavy atom. The van der Waals surface area contributed by atoms with Gasteiger partial charge in [0.2, 0.25) is 0 Å². The topological polar surface area (TPSA) is 94.8 Å². The summed E-state index contributed by atoms with van der Waals surface area (Å²) in [5.74, 6) is -0.732. The number of carbonyl (C=O) groups is 2. The zero-order valence-corrected chi connectivity index (χ0v) is 12.3. The highest BCUT2D eigenvalue weighted by atomic mass is 35.5. The fraction of sp³-hybridized carbons (Fsp3) is 0.385. The van der Waals surface area contributed by atoms with Gasteiger partial charge in [0, 0.05) is 23.3 Å². The van der Waals surface area contributed by atoms with Crippen molar-refractivity contribution in [3.05, 3.63) is 34.3 Å². The second kappa shape index (κ2) is 7.64. The summed E-state index contributed by atoms with van der Waals surface area (Å²) in [7, 11) is 0. The summed E-state index contributed by atoms with van der Waals surface area (Å²) in [6.45, 7) is 1.43. The van der Waals surface area contributed by atoms with Crippen LogP contribution in [0.4, 0.5) is 0 Å². The molecule has 0 aliphatic rings. The number of hydrogen-bond donors (Lipinski definition) is 3. The molecule has 1 aromatic carbocycles. The van der Waals surface area contributed by atoms with Crippen LogP contribution in [0.1, 0.15) is 35.4 Å². The maximum atomic E-state index is 10.8. The lowest BCUT2D eigenvalue weighted by atomic mass is 10.0. The molecule has 0 aliphatic heterocycles. The van der Waals surface area contributed by atoms with Crippen LogP contribution >= 0.6 is 23.4 Å². The summed E-state index contributed by atoms with van der Waals surface area (Å²) in [6.07, 6.45) is -2.07. The highest BCUT2D eigenvalue weighted by molar-refractivity contribution is 8.13. The third-order valence-electron chi connectivity index (χ3n) is 2.65. The van der Waals surface area contributed by atoms with E-state index in [1.807, 2.05) is 0 Å². The number of halogens is 1. The molecule has 2 unspecified atom stereocenters. The zero-order valence-electron chi connectivity index (χ0n) is 10.7. The first-order valence-corrected chi connectivity index (χ1v) is 7.21. The summed E-state index contributed by atoms with van der Waals surface area (Å²) in [5.41, 5.74) is 0.268. The number of thioether (sulfide) groups is 1. The maximum absolute atomic E-state index is 10.8. The minimum absolute atomic E-state index is 0.00701. The Morgan fingerprint density at radius 2 is 2.00 bits per heavy atom. The van der Waals surface area contributed by atoms with E-state index in [1.54, 1.807) is 0 Å². The molecule has 0 bridgehead atoms. The molecule has 110 valence electrons. The van der Waals surface area contributed by atoms with Crippen LogP contribution in [0.3, 0.4) is 0 Å². The van der Waals surface area contributed by atoms with Crippen molar-refractivity contribution < 1.29 is 24.9 Å².